The van der Waals surface area contributed by atoms with E-state index in [-0.39, 0.29) is 0 Å². The summed E-state index contributed by atoms with van der Waals surface area (Å²) in [5.74, 6) is 1.96. The van der Waals surface area contributed by atoms with E-state index in [1.165, 1.54) is 53.6 Å². The van der Waals surface area contributed by atoms with Crippen LogP contribution in [0.3, 0.4) is 0 Å². The highest BCUT2D eigenvalue weighted by Crippen LogP contribution is 2.46. The number of hydrogen-bond donors (Lipinski definition) is 0. The summed E-state index contributed by atoms with van der Waals surface area (Å²) in [6, 6.07) is 70.6. The van der Waals surface area contributed by atoms with Crippen LogP contribution in [0.5, 0.6) is 0 Å². The monoisotopic (exact) mass is 719 g/mol. The maximum absolute atomic E-state index is 4.93. The van der Waals surface area contributed by atoms with Gasteiger partial charge < -0.3 is 0 Å². The Balaban J connectivity index is 1.04. The molecule has 0 radical (unpaired) electrons. The van der Waals surface area contributed by atoms with Crippen molar-refractivity contribution in [2.75, 3.05) is 0 Å². The second-order valence-corrected chi connectivity index (χ2v) is 14.7. The Morgan fingerprint density at radius 3 is 1.35 bits per heavy atom. The maximum Gasteiger partial charge on any atom is 0.164 e. The highest BCUT2D eigenvalue weighted by Gasteiger charge is 2.17. The Kier molecular flexibility index (Phi) is 8.36. The largest absolute Gasteiger partial charge is 0.208 e. The molecular formula is C51H33N3S. The third kappa shape index (κ3) is 6.29. The van der Waals surface area contributed by atoms with Gasteiger partial charge in [-0.15, -0.1) is 11.3 Å². The lowest BCUT2D eigenvalue weighted by Gasteiger charge is -2.10. The van der Waals surface area contributed by atoms with E-state index in [1.807, 2.05) is 72.0 Å². The molecule has 0 atom stereocenters. The molecule has 2 heterocycles. The van der Waals surface area contributed by atoms with Gasteiger partial charge in [-0.3, -0.25) is 0 Å². The first kappa shape index (κ1) is 32.6. The Hall–Kier alpha value is -7.01. The molecule has 0 spiro atoms. The lowest BCUT2D eigenvalue weighted by Crippen LogP contribution is -2.00. The minimum absolute atomic E-state index is 0.648. The molecule has 0 unspecified atom stereocenters. The topological polar surface area (TPSA) is 38.7 Å². The predicted molar refractivity (Wildman–Crippen MR) is 231 cm³/mol. The van der Waals surface area contributed by atoms with Gasteiger partial charge in [-0.05, 0) is 62.7 Å². The van der Waals surface area contributed by atoms with Crippen molar-refractivity contribution < 1.29 is 0 Å². The second kappa shape index (κ2) is 14.1. The fourth-order valence-corrected chi connectivity index (χ4v) is 8.72. The molecule has 0 aliphatic rings. The molecule has 0 N–H and O–H groups in total. The van der Waals surface area contributed by atoms with Gasteiger partial charge in [0.05, 0.1) is 0 Å². The van der Waals surface area contributed by atoms with Crippen LogP contribution in [0, 0.1) is 0 Å². The van der Waals surface area contributed by atoms with Gasteiger partial charge in [-0.25, -0.2) is 15.0 Å². The molecule has 2 aromatic heterocycles. The first-order valence-electron chi connectivity index (χ1n) is 18.4. The summed E-state index contributed by atoms with van der Waals surface area (Å²) in [4.78, 5) is 14.7. The number of thiophene rings is 1. The molecule has 0 aliphatic carbocycles. The summed E-state index contributed by atoms with van der Waals surface area (Å²) >= 11 is 1.88. The van der Waals surface area contributed by atoms with Gasteiger partial charge >= 0.3 is 0 Å². The Bertz CT molecular complexity index is 2880. The van der Waals surface area contributed by atoms with Crippen LogP contribution in [-0.4, -0.2) is 15.0 Å². The zero-order valence-electron chi connectivity index (χ0n) is 29.8. The molecular weight excluding hydrogens is 687 g/mol. The van der Waals surface area contributed by atoms with Gasteiger partial charge in [0.1, 0.15) is 0 Å². The molecule has 3 nitrogen and oxygen atoms in total. The summed E-state index contributed by atoms with van der Waals surface area (Å²) in [5.41, 5.74) is 12.5. The lowest BCUT2D eigenvalue weighted by atomic mass is 9.93. The standard InChI is InChI=1S/C51H33N3S/c1-5-15-34(16-6-1)42-32-45(36-17-7-2-8-18-36)47-44-26-14-25-43(48(44)55-46(47)33-42)41-24-13-23-40(31-41)35-27-29-39(30-28-35)51-53-49(37-19-9-3-10-20-37)52-50(54-51)38-21-11-4-12-22-38/h1-33H. The van der Waals surface area contributed by atoms with E-state index >= 15 is 0 Å². The number of nitrogens with zero attached hydrogens (tertiary/aromatic N) is 3. The zero-order chi connectivity index (χ0) is 36.6. The third-order valence-corrected chi connectivity index (χ3v) is 11.3. The van der Waals surface area contributed by atoms with Crippen LogP contribution in [0.2, 0.25) is 0 Å². The van der Waals surface area contributed by atoms with E-state index in [9.17, 15) is 0 Å². The smallest absolute Gasteiger partial charge is 0.164 e. The summed E-state index contributed by atoms with van der Waals surface area (Å²) in [6.45, 7) is 0. The number of fused-ring (bicyclic) bond motifs is 3. The summed E-state index contributed by atoms with van der Waals surface area (Å²) in [5, 5.41) is 2.59. The third-order valence-electron chi connectivity index (χ3n) is 10.1. The Morgan fingerprint density at radius 2 is 0.745 bits per heavy atom. The van der Waals surface area contributed by atoms with Crippen molar-refractivity contribution in [2.24, 2.45) is 0 Å². The first-order chi connectivity index (χ1) is 27.2. The van der Waals surface area contributed by atoms with Crippen LogP contribution >= 0.6 is 11.3 Å². The molecule has 0 saturated carbocycles. The molecule has 0 saturated heterocycles. The average molecular weight is 720 g/mol. The van der Waals surface area contributed by atoms with Crippen molar-refractivity contribution in [3.63, 3.8) is 0 Å². The van der Waals surface area contributed by atoms with Gasteiger partial charge in [0.15, 0.2) is 17.5 Å². The summed E-state index contributed by atoms with van der Waals surface area (Å²) < 4.78 is 2.59. The molecule has 0 bridgehead atoms. The number of benzene rings is 8. The predicted octanol–water partition coefficient (Wildman–Crippen LogP) is 13.9. The normalized spacial score (nSPS) is 11.3. The average Bonchev–Trinajstić information content (AvgIpc) is 3.66. The van der Waals surface area contributed by atoms with Gasteiger partial charge in [-0.1, -0.05) is 182 Å². The summed E-state index contributed by atoms with van der Waals surface area (Å²) in [7, 11) is 0. The number of hydrogen-bond acceptors (Lipinski definition) is 4. The zero-order valence-corrected chi connectivity index (χ0v) is 30.6. The molecule has 10 aromatic rings. The van der Waals surface area contributed by atoms with Crippen LogP contribution in [0.4, 0.5) is 0 Å². The highest BCUT2D eigenvalue weighted by atomic mass is 32.1. The van der Waals surface area contributed by atoms with E-state index in [0.29, 0.717) is 17.5 Å². The van der Waals surface area contributed by atoms with Gasteiger partial charge in [0.25, 0.3) is 0 Å². The van der Waals surface area contributed by atoms with Crippen LogP contribution in [0.1, 0.15) is 0 Å². The van der Waals surface area contributed by atoms with Crippen LogP contribution < -0.4 is 0 Å². The molecule has 0 amide bonds. The van der Waals surface area contributed by atoms with E-state index in [4.69, 9.17) is 15.0 Å². The molecule has 0 aliphatic heterocycles. The molecule has 0 fully saturated rings. The molecule has 10 rings (SSSR count). The molecule has 8 aromatic carbocycles. The quantitative estimate of drug-likeness (QED) is 0.165. The summed E-state index contributed by atoms with van der Waals surface area (Å²) in [6.07, 6.45) is 0. The van der Waals surface area contributed by atoms with Crippen LogP contribution in [0.25, 0.3) is 98.8 Å². The molecule has 55 heavy (non-hydrogen) atoms. The fourth-order valence-electron chi connectivity index (χ4n) is 7.41. The highest BCUT2D eigenvalue weighted by molar-refractivity contribution is 7.26. The van der Waals surface area contributed by atoms with Crippen molar-refractivity contribution in [2.45, 2.75) is 0 Å². The van der Waals surface area contributed by atoms with Crippen LogP contribution in [-0.2, 0) is 0 Å². The minimum Gasteiger partial charge on any atom is -0.208 e. The lowest BCUT2D eigenvalue weighted by molar-refractivity contribution is 1.07. The van der Waals surface area contributed by atoms with E-state index < -0.39 is 0 Å². The van der Waals surface area contributed by atoms with Gasteiger partial charge in [0.2, 0.25) is 0 Å². The van der Waals surface area contributed by atoms with Crippen molar-refractivity contribution >= 4 is 31.5 Å². The number of aromatic nitrogens is 3. The van der Waals surface area contributed by atoms with Crippen molar-refractivity contribution in [3.8, 4) is 78.7 Å². The Morgan fingerprint density at radius 1 is 0.291 bits per heavy atom. The van der Waals surface area contributed by atoms with Gasteiger partial charge in [-0.2, -0.15) is 0 Å². The van der Waals surface area contributed by atoms with Crippen molar-refractivity contribution in [1.29, 1.82) is 0 Å². The van der Waals surface area contributed by atoms with Gasteiger partial charge in [0, 0.05) is 36.9 Å². The van der Waals surface area contributed by atoms with Crippen LogP contribution in [0.15, 0.2) is 200 Å². The van der Waals surface area contributed by atoms with E-state index in [2.05, 4.69) is 140 Å². The van der Waals surface area contributed by atoms with E-state index in [0.717, 1.165) is 27.8 Å². The second-order valence-electron chi connectivity index (χ2n) is 13.6. The maximum atomic E-state index is 4.93. The Labute approximate surface area is 323 Å². The molecule has 4 heteroatoms. The van der Waals surface area contributed by atoms with Crippen molar-refractivity contribution in [3.05, 3.63) is 200 Å². The van der Waals surface area contributed by atoms with E-state index in [1.54, 1.807) is 0 Å². The first-order valence-corrected chi connectivity index (χ1v) is 19.3. The fraction of sp³-hybridized carbons (Fsp3) is 0. The van der Waals surface area contributed by atoms with Crippen molar-refractivity contribution in [1.82, 2.24) is 15.0 Å². The molecule has 258 valence electrons. The SMILES string of the molecule is c1ccc(-c2cc(-c3ccccc3)c3c(c2)sc2c(-c4cccc(-c5ccc(-c6nc(-c7ccccc7)nc(-c7ccccc7)n6)cc5)c4)cccc23)cc1. The minimum atomic E-state index is 0.648. The number of rotatable bonds is 7.